The maximum atomic E-state index is 6.98. The van der Waals surface area contributed by atoms with Crippen LogP contribution in [-0.2, 0) is 4.74 Å². The molecule has 2 atom stereocenters. The van der Waals surface area contributed by atoms with Crippen LogP contribution in [0.4, 0.5) is 0 Å². The summed E-state index contributed by atoms with van der Waals surface area (Å²) in [5.74, 6) is 0. The van der Waals surface area contributed by atoms with Crippen molar-refractivity contribution >= 4 is 0 Å². The predicted octanol–water partition coefficient (Wildman–Crippen LogP) is 17.4. The topological polar surface area (TPSA) is 9.23 Å². The molecule has 47 heavy (non-hydrogen) atoms. The summed E-state index contributed by atoms with van der Waals surface area (Å²) in [6.07, 6.45) is 57.9. The molecule has 284 valence electrons. The Morgan fingerprint density at radius 1 is 0.213 bits per heavy atom. The molecule has 0 saturated heterocycles. The molecule has 0 bridgehead atoms. The van der Waals surface area contributed by atoms with Crippen molar-refractivity contribution in [2.75, 3.05) is 0 Å². The van der Waals surface area contributed by atoms with E-state index in [0.717, 1.165) is 0 Å². The van der Waals surface area contributed by atoms with Crippen molar-refractivity contribution in [1.29, 1.82) is 0 Å². The van der Waals surface area contributed by atoms with Gasteiger partial charge in [0.25, 0.3) is 0 Å². The third-order valence-electron chi connectivity index (χ3n) is 10.9. The molecule has 0 rings (SSSR count). The molecule has 0 aromatic rings. The highest BCUT2D eigenvalue weighted by Gasteiger charge is 2.16. The highest BCUT2D eigenvalue weighted by Crippen LogP contribution is 2.23. The van der Waals surface area contributed by atoms with Gasteiger partial charge in [0.2, 0.25) is 0 Å². The summed E-state index contributed by atoms with van der Waals surface area (Å²) < 4.78 is 6.98. The van der Waals surface area contributed by atoms with Crippen LogP contribution in [0.5, 0.6) is 0 Å². The van der Waals surface area contributed by atoms with Crippen LogP contribution in [0, 0.1) is 0 Å². The van der Waals surface area contributed by atoms with Crippen LogP contribution < -0.4 is 0 Å². The molecular formula is C46H94O. The second-order valence-corrected chi connectivity index (χ2v) is 15.8. The highest BCUT2D eigenvalue weighted by molar-refractivity contribution is 4.67. The highest BCUT2D eigenvalue weighted by atomic mass is 16.5. The minimum Gasteiger partial charge on any atom is -0.375 e. The van der Waals surface area contributed by atoms with Gasteiger partial charge in [0.05, 0.1) is 12.2 Å². The smallest absolute Gasteiger partial charge is 0.0578 e. The molecule has 0 aliphatic heterocycles. The van der Waals surface area contributed by atoms with Crippen molar-refractivity contribution in [3.63, 3.8) is 0 Å². The van der Waals surface area contributed by atoms with Crippen LogP contribution in [0.3, 0.4) is 0 Å². The number of rotatable bonds is 42. The molecule has 0 heterocycles. The van der Waals surface area contributed by atoms with Crippen LogP contribution in [0.2, 0.25) is 0 Å². The fourth-order valence-electron chi connectivity index (χ4n) is 7.56. The Kier molecular flexibility index (Phi) is 42.1. The van der Waals surface area contributed by atoms with Crippen LogP contribution >= 0.6 is 0 Å². The van der Waals surface area contributed by atoms with Gasteiger partial charge in [-0.25, -0.2) is 0 Å². The summed E-state index contributed by atoms with van der Waals surface area (Å²) in [6.45, 7) is 9.31. The zero-order chi connectivity index (χ0) is 34.1. The van der Waals surface area contributed by atoms with E-state index in [4.69, 9.17) is 4.74 Å². The summed E-state index contributed by atoms with van der Waals surface area (Å²) in [4.78, 5) is 0. The van der Waals surface area contributed by atoms with E-state index in [1.807, 2.05) is 0 Å². The lowest BCUT2D eigenvalue weighted by Gasteiger charge is -2.26. The van der Waals surface area contributed by atoms with Gasteiger partial charge in [-0.2, -0.15) is 0 Å². The van der Waals surface area contributed by atoms with Gasteiger partial charge in [0.1, 0.15) is 0 Å². The Bertz CT molecular complexity index is 483. The standard InChI is InChI=1S/C46H94O/c1-5-9-13-15-17-19-21-23-25-27-29-31-33-35-39-43-45(41-37-11-7-3)47-46(42-38-12-8-4)44-40-36-34-32-30-28-26-24-22-20-18-16-14-10-6-2/h45-46H,5-44H2,1-4H3. The first-order valence-corrected chi connectivity index (χ1v) is 22.9. The Balaban J connectivity index is 4.07. The Labute approximate surface area is 300 Å². The first-order valence-electron chi connectivity index (χ1n) is 22.9. The van der Waals surface area contributed by atoms with Crippen molar-refractivity contribution in [2.45, 2.75) is 297 Å². The Morgan fingerprint density at radius 2 is 0.362 bits per heavy atom. The van der Waals surface area contributed by atoms with Crippen molar-refractivity contribution in [1.82, 2.24) is 0 Å². The fraction of sp³-hybridized carbons (Fsp3) is 1.00. The van der Waals surface area contributed by atoms with E-state index >= 15 is 0 Å². The molecule has 0 aromatic heterocycles. The minimum atomic E-state index is 0.520. The summed E-state index contributed by atoms with van der Waals surface area (Å²) in [5, 5.41) is 0. The van der Waals surface area contributed by atoms with Gasteiger partial charge in [-0.3, -0.25) is 0 Å². The quantitative estimate of drug-likeness (QED) is 0.0591. The van der Waals surface area contributed by atoms with Gasteiger partial charge in [-0.05, 0) is 25.7 Å². The number of hydrogen-bond donors (Lipinski definition) is 0. The molecule has 0 saturated carbocycles. The zero-order valence-electron chi connectivity index (χ0n) is 33.8. The summed E-state index contributed by atoms with van der Waals surface area (Å²) in [5.41, 5.74) is 0. The first kappa shape index (κ1) is 47.0. The van der Waals surface area contributed by atoms with Crippen LogP contribution in [0.25, 0.3) is 0 Å². The van der Waals surface area contributed by atoms with Gasteiger partial charge in [0.15, 0.2) is 0 Å². The van der Waals surface area contributed by atoms with Crippen LogP contribution in [0.15, 0.2) is 0 Å². The third kappa shape index (κ3) is 38.6. The molecular weight excluding hydrogens is 569 g/mol. The molecule has 0 aliphatic carbocycles. The van der Waals surface area contributed by atoms with Crippen LogP contribution in [0.1, 0.15) is 285 Å². The Morgan fingerprint density at radius 3 is 0.574 bits per heavy atom. The zero-order valence-corrected chi connectivity index (χ0v) is 33.8. The summed E-state index contributed by atoms with van der Waals surface area (Å²) in [6, 6.07) is 0. The van der Waals surface area contributed by atoms with Crippen molar-refractivity contribution < 1.29 is 4.74 Å². The molecule has 0 amide bonds. The van der Waals surface area contributed by atoms with E-state index in [1.54, 1.807) is 0 Å². The average Bonchev–Trinajstić information content (AvgIpc) is 3.08. The average molecular weight is 663 g/mol. The number of unbranched alkanes of at least 4 members (excludes halogenated alkanes) is 32. The molecule has 2 unspecified atom stereocenters. The molecule has 1 heteroatoms. The largest absolute Gasteiger partial charge is 0.375 e. The molecule has 0 fully saturated rings. The van der Waals surface area contributed by atoms with Crippen molar-refractivity contribution in [2.24, 2.45) is 0 Å². The predicted molar refractivity (Wildman–Crippen MR) is 216 cm³/mol. The Hall–Kier alpha value is -0.0400. The van der Waals surface area contributed by atoms with E-state index < -0.39 is 0 Å². The maximum absolute atomic E-state index is 6.98. The molecule has 0 spiro atoms. The molecule has 1 nitrogen and oxygen atoms in total. The van der Waals surface area contributed by atoms with Gasteiger partial charge >= 0.3 is 0 Å². The van der Waals surface area contributed by atoms with Crippen LogP contribution in [-0.4, -0.2) is 12.2 Å². The molecule has 0 N–H and O–H groups in total. The second-order valence-electron chi connectivity index (χ2n) is 15.8. The number of hydrogen-bond acceptors (Lipinski definition) is 1. The normalized spacial score (nSPS) is 13.0. The lowest BCUT2D eigenvalue weighted by Crippen LogP contribution is -2.23. The van der Waals surface area contributed by atoms with Gasteiger partial charge in [0, 0.05) is 0 Å². The monoisotopic (exact) mass is 663 g/mol. The minimum absolute atomic E-state index is 0.520. The SMILES string of the molecule is CCCCCCCCCCCCCCCCCC(CCCCC)OC(CCCCC)CCCCCCCCCCCCCCCCC. The third-order valence-corrected chi connectivity index (χ3v) is 10.9. The summed E-state index contributed by atoms with van der Waals surface area (Å²) >= 11 is 0. The first-order chi connectivity index (χ1) is 23.3. The van der Waals surface area contributed by atoms with E-state index in [0.29, 0.717) is 12.2 Å². The lowest BCUT2D eigenvalue weighted by atomic mass is 10.00. The second kappa shape index (κ2) is 42.1. The van der Waals surface area contributed by atoms with Gasteiger partial charge < -0.3 is 4.74 Å². The van der Waals surface area contributed by atoms with Gasteiger partial charge in [-0.15, -0.1) is 0 Å². The molecule has 0 aromatic carbocycles. The molecule has 0 radical (unpaired) electrons. The number of ether oxygens (including phenoxy) is 1. The van der Waals surface area contributed by atoms with E-state index in [-0.39, 0.29) is 0 Å². The fourth-order valence-corrected chi connectivity index (χ4v) is 7.56. The van der Waals surface area contributed by atoms with E-state index in [9.17, 15) is 0 Å². The van der Waals surface area contributed by atoms with Crippen molar-refractivity contribution in [3.05, 3.63) is 0 Å². The lowest BCUT2D eigenvalue weighted by molar-refractivity contribution is -0.0323. The van der Waals surface area contributed by atoms with Crippen molar-refractivity contribution in [3.8, 4) is 0 Å². The van der Waals surface area contributed by atoms with E-state index in [1.165, 1.54) is 257 Å². The molecule has 0 aliphatic rings. The maximum Gasteiger partial charge on any atom is 0.0578 e. The van der Waals surface area contributed by atoms with E-state index in [2.05, 4.69) is 27.7 Å². The van der Waals surface area contributed by atoms with Gasteiger partial charge in [-0.1, -0.05) is 259 Å². The summed E-state index contributed by atoms with van der Waals surface area (Å²) in [7, 11) is 0.